The maximum Gasteiger partial charge on any atom is 0.337 e. The number of fused-ring (bicyclic) bond motifs is 2. The SMILES string of the molecule is COC(=O)c1ccc2c(c1)Oc1ccc(=O)[nH]c1C=C2F. The predicted octanol–water partition coefficient (Wildman–Crippen LogP) is 2.73. The molecule has 21 heavy (non-hydrogen) atoms. The van der Waals surface area contributed by atoms with Crippen LogP contribution in [-0.2, 0) is 4.74 Å². The number of rotatable bonds is 1. The average molecular weight is 287 g/mol. The first-order chi connectivity index (χ1) is 10.1. The quantitative estimate of drug-likeness (QED) is 0.819. The van der Waals surface area contributed by atoms with Gasteiger partial charge in [0.05, 0.1) is 23.9 Å². The summed E-state index contributed by atoms with van der Waals surface area (Å²) in [6.07, 6.45) is 1.18. The Morgan fingerprint density at radius 1 is 1.24 bits per heavy atom. The third-order valence-electron chi connectivity index (χ3n) is 3.06. The molecule has 0 spiro atoms. The van der Waals surface area contributed by atoms with Gasteiger partial charge < -0.3 is 14.5 Å². The first-order valence-electron chi connectivity index (χ1n) is 6.09. The Kier molecular flexibility index (Phi) is 3.06. The van der Waals surface area contributed by atoms with Crippen molar-refractivity contribution in [2.24, 2.45) is 0 Å². The van der Waals surface area contributed by atoms with Crippen molar-refractivity contribution in [1.29, 1.82) is 0 Å². The number of carbonyl (C=O) groups excluding carboxylic acids is 1. The van der Waals surface area contributed by atoms with Crippen LogP contribution in [0.2, 0.25) is 0 Å². The maximum atomic E-state index is 14.2. The third-order valence-corrected chi connectivity index (χ3v) is 3.06. The van der Waals surface area contributed by atoms with E-state index in [9.17, 15) is 14.0 Å². The molecule has 0 atom stereocenters. The number of nitrogens with one attached hydrogen (secondary N) is 1. The van der Waals surface area contributed by atoms with E-state index in [0.29, 0.717) is 5.75 Å². The second-order valence-electron chi connectivity index (χ2n) is 4.40. The fourth-order valence-electron chi connectivity index (χ4n) is 2.05. The summed E-state index contributed by atoms with van der Waals surface area (Å²) in [7, 11) is 1.26. The van der Waals surface area contributed by atoms with E-state index in [1.54, 1.807) is 0 Å². The van der Waals surface area contributed by atoms with E-state index < -0.39 is 11.8 Å². The Balaban J connectivity index is 2.16. The van der Waals surface area contributed by atoms with Crippen LogP contribution < -0.4 is 10.3 Å². The molecule has 1 aliphatic heterocycles. The van der Waals surface area contributed by atoms with E-state index in [4.69, 9.17) is 4.74 Å². The fourth-order valence-corrected chi connectivity index (χ4v) is 2.05. The lowest BCUT2D eigenvalue weighted by atomic mass is 10.1. The number of esters is 1. The van der Waals surface area contributed by atoms with Crippen LogP contribution in [0, 0.1) is 0 Å². The molecule has 106 valence electrons. The minimum absolute atomic E-state index is 0.178. The molecule has 2 heterocycles. The van der Waals surface area contributed by atoms with Gasteiger partial charge in [-0.05, 0) is 24.3 Å². The maximum absolute atomic E-state index is 14.2. The van der Waals surface area contributed by atoms with Crippen molar-refractivity contribution >= 4 is 17.9 Å². The molecule has 2 aromatic rings. The molecular formula is C15H10FNO4. The highest BCUT2D eigenvalue weighted by molar-refractivity contribution is 5.91. The molecule has 1 aromatic carbocycles. The van der Waals surface area contributed by atoms with Crippen LogP contribution in [0.15, 0.2) is 35.1 Å². The molecule has 0 bridgehead atoms. The number of hydrogen-bond acceptors (Lipinski definition) is 4. The summed E-state index contributed by atoms with van der Waals surface area (Å²) in [6, 6.07) is 6.99. The van der Waals surface area contributed by atoms with Gasteiger partial charge in [0, 0.05) is 12.1 Å². The van der Waals surface area contributed by atoms with Crippen LogP contribution in [0.25, 0.3) is 11.9 Å². The molecule has 0 amide bonds. The van der Waals surface area contributed by atoms with Crippen molar-refractivity contribution < 1.29 is 18.7 Å². The largest absolute Gasteiger partial charge is 0.465 e. The van der Waals surface area contributed by atoms with E-state index in [1.165, 1.54) is 43.5 Å². The van der Waals surface area contributed by atoms with E-state index >= 15 is 0 Å². The number of benzene rings is 1. The topological polar surface area (TPSA) is 68.4 Å². The summed E-state index contributed by atoms with van der Waals surface area (Å²) in [6.45, 7) is 0. The Morgan fingerprint density at radius 3 is 2.81 bits per heavy atom. The van der Waals surface area contributed by atoms with Gasteiger partial charge in [-0.1, -0.05) is 0 Å². The van der Waals surface area contributed by atoms with Gasteiger partial charge in [0.25, 0.3) is 0 Å². The lowest BCUT2D eigenvalue weighted by molar-refractivity contribution is 0.0600. The number of methoxy groups -OCH3 is 1. The molecule has 3 rings (SSSR count). The van der Waals surface area contributed by atoms with Crippen LogP contribution in [0.4, 0.5) is 4.39 Å². The second-order valence-corrected chi connectivity index (χ2v) is 4.40. The predicted molar refractivity (Wildman–Crippen MR) is 73.9 cm³/mol. The lowest BCUT2D eigenvalue weighted by Gasteiger charge is -2.09. The summed E-state index contributed by atoms with van der Waals surface area (Å²) in [5.74, 6) is -0.637. The highest BCUT2D eigenvalue weighted by Crippen LogP contribution is 2.37. The van der Waals surface area contributed by atoms with E-state index in [2.05, 4.69) is 9.72 Å². The number of pyridine rings is 1. The van der Waals surface area contributed by atoms with Crippen molar-refractivity contribution in [2.75, 3.05) is 7.11 Å². The first kappa shape index (κ1) is 13.1. The molecule has 1 aliphatic rings. The van der Waals surface area contributed by atoms with Crippen LogP contribution in [0.1, 0.15) is 21.6 Å². The van der Waals surface area contributed by atoms with Gasteiger partial charge in [-0.2, -0.15) is 0 Å². The first-order valence-corrected chi connectivity index (χ1v) is 6.09. The molecule has 0 unspecified atom stereocenters. The van der Waals surface area contributed by atoms with Crippen LogP contribution >= 0.6 is 0 Å². The Labute approximate surface area is 118 Å². The van der Waals surface area contributed by atoms with Crippen molar-refractivity contribution in [3.05, 3.63) is 57.5 Å². The second kappa shape index (κ2) is 4.90. The van der Waals surface area contributed by atoms with Crippen LogP contribution in [-0.4, -0.2) is 18.1 Å². The van der Waals surface area contributed by atoms with Crippen LogP contribution in [0.5, 0.6) is 11.5 Å². The Bertz CT molecular complexity index is 823. The molecule has 1 N–H and O–H groups in total. The average Bonchev–Trinajstić information content (AvgIpc) is 2.61. The van der Waals surface area contributed by atoms with Gasteiger partial charge in [-0.25, -0.2) is 9.18 Å². The number of carbonyl (C=O) groups is 1. The molecular weight excluding hydrogens is 277 g/mol. The number of halogens is 1. The Morgan fingerprint density at radius 2 is 2.05 bits per heavy atom. The van der Waals surface area contributed by atoms with Gasteiger partial charge in [0.15, 0.2) is 5.75 Å². The molecule has 0 saturated heterocycles. The van der Waals surface area contributed by atoms with Crippen molar-refractivity contribution in [2.45, 2.75) is 0 Å². The molecule has 6 heteroatoms. The smallest absolute Gasteiger partial charge is 0.337 e. The zero-order valence-corrected chi connectivity index (χ0v) is 11.0. The van der Waals surface area contributed by atoms with Gasteiger partial charge in [0.1, 0.15) is 11.6 Å². The van der Waals surface area contributed by atoms with E-state index in [1.807, 2.05) is 0 Å². The normalized spacial score (nSPS) is 12.4. The zero-order valence-electron chi connectivity index (χ0n) is 11.0. The van der Waals surface area contributed by atoms with Gasteiger partial charge >= 0.3 is 5.97 Å². The fraction of sp³-hybridized carbons (Fsp3) is 0.0667. The lowest BCUT2D eigenvalue weighted by Crippen LogP contribution is -2.05. The van der Waals surface area contributed by atoms with Crippen molar-refractivity contribution in [3.8, 4) is 11.5 Å². The molecule has 5 nitrogen and oxygen atoms in total. The highest BCUT2D eigenvalue weighted by Gasteiger charge is 2.19. The summed E-state index contributed by atoms with van der Waals surface area (Å²) >= 11 is 0. The summed E-state index contributed by atoms with van der Waals surface area (Å²) < 4.78 is 24.4. The van der Waals surface area contributed by atoms with Gasteiger partial charge in [0.2, 0.25) is 5.56 Å². The van der Waals surface area contributed by atoms with E-state index in [0.717, 1.165) is 0 Å². The number of hydrogen-bond donors (Lipinski definition) is 1. The minimum atomic E-state index is -0.568. The molecule has 0 aliphatic carbocycles. The van der Waals surface area contributed by atoms with Crippen molar-refractivity contribution in [1.82, 2.24) is 4.98 Å². The monoisotopic (exact) mass is 287 g/mol. The minimum Gasteiger partial charge on any atom is -0.465 e. The number of H-pyrrole nitrogens is 1. The third kappa shape index (κ3) is 2.31. The molecule has 0 fully saturated rings. The number of ether oxygens (including phenoxy) is 2. The number of aromatic amines is 1. The number of aromatic nitrogens is 1. The molecule has 0 radical (unpaired) electrons. The summed E-state index contributed by atoms with van der Waals surface area (Å²) in [5.41, 5.74) is 0.315. The van der Waals surface area contributed by atoms with Gasteiger partial charge in [-0.15, -0.1) is 0 Å². The zero-order chi connectivity index (χ0) is 15.0. The summed E-state index contributed by atoms with van der Waals surface area (Å²) in [4.78, 5) is 25.3. The Hall–Kier alpha value is -2.89. The molecule has 0 saturated carbocycles. The summed E-state index contributed by atoms with van der Waals surface area (Å²) in [5, 5.41) is 0. The highest BCUT2D eigenvalue weighted by atomic mass is 19.1. The van der Waals surface area contributed by atoms with Crippen molar-refractivity contribution in [3.63, 3.8) is 0 Å². The standard InChI is InChI=1S/C15H10FNO4/c1-20-15(19)8-2-3-9-10(16)7-11-12(21-13(9)6-8)4-5-14(18)17-11/h2-7H,1H3,(H,17,18). The molecule has 1 aromatic heterocycles. The van der Waals surface area contributed by atoms with Crippen LogP contribution in [0.3, 0.4) is 0 Å². The van der Waals surface area contributed by atoms with E-state index in [-0.39, 0.29) is 28.1 Å². The van der Waals surface area contributed by atoms with Gasteiger partial charge in [-0.3, -0.25) is 4.79 Å².